The van der Waals surface area contributed by atoms with Crippen LogP contribution in [0.4, 0.5) is 10.5 Å². The highest BCUT2D eigenvalue weighted by Crippen LogP contribution is 2.21. The van der Waals surface area contributed by atoms with Gasteiger partial charge in [0.25, 0.3) is 0 Å². The second-order valence-corrected chi connectivity index (χ2v) is 6.81. The molecule has 116 valence electrons. The third-order valence-electron chi connectivity index (χ3n) is 2.42. The van der Waals surface area contributed by atoms with Gasteiger partial charge in [0.1, 0.15) is 21.2 Å². The van der Waals surface area contributed by atoms with E-state index in [4.69, 9.17) is 5.11 Å². The predicted molar refractivity (Wildman–Crippen MR) is 76.4 cm³/mol. The Morgan fingerprint density at radius 1 is 1.33 bits per heavy atom. The summed E-state index contributed by atoms with van der Waals surface area (Å²) in [5.74, 6) is -1.97. The van der Waals surface area contributed by atoms with Gasteiger partial charge in [0.2, 0.25) is 0 Å². The summed E-state index contributed by atoms with van der Waals surface area (Å²) in [6, 6.07) is 2.29. The number of amides is 2. The molecule has 1 rings (SSSR count). The molecule has 1 atom stereocenters. The van der Waals surface area contributed by atoms with Gasteiger partial charge >= 0.3 is 12.0 Å². The summed E-state index contributed by atoms with van der Waals surface area (Å²) in [6.07, 6.45) is 1.06. The average Bonchev–Trinajstić information content (AvgIpc) is 2.24. The Kier molecular flexibility index (Phi) is 5.14. The highest BCUT2D eigenvalue weighted by atomic mass is 32.2. The number of aromatic hydroxyl groups is 1. The minimum atomic E-state index is -3.21. The lowest BCUT2D eigenvalue weighted by molar-refractivity contribution is 0.0693. The van der Waals surface area contributed by atoms with Crippen LogP contribution in [-0.4, -0.2) is 48.7 Å². The molecule has 0 aliphatic heterocycles. The minimum absolute atomic E-state index is 0.182. The molecule has 4 N–H and O–H groups in total. The van der Waals surface area contributed by atoms with E-state index in [2.05, 4.69) is 10.6 Å². The van der Waals surface area contributed by atoms with E-state index in [0.29, 0.717) is 0 Å². The second kappa shape index (κ2) is 6.44. The zero-order valence-electron chi connectivity index (χ0n) is 11.5. The maximum absolute atomic E-state index is 11.6. The van der Waals surface area contributed by atoms with E-state index < -0.39 is 33.6 Å². The first-order valence-corrected chi connectivity index (χ1v) is 7.96. The van der Waals surface area contributed by atoms with Gasteiger partial charge in [-0.2, -0.15) is 0 Å². The van der Waals surface area contributed by atoms with Gasteiger partial charge in [0.15, 0.2) is 0 Å². The van der Waals surface area contributed by atoms with Gasteiger partial charge in [-0.05, 0) is 19.1 Å². The van der Waals surface area contributed by atoms with Gasteiger partial charge in [0.05, 0.1) is 5.75 Å². The third kappa shape index (κ3) is 5.69. The van der Waals surface area contributed by atoms with E-state index in [1.807, 2.05) is 0 Å². The van der Waals surface area contributed by atoms with Crippen molar-refractivity contribution >= 4 is 27.5 Å². The van der Waals surface area contributed by atoms with Gasteiger partial charge in [-0.1, -0.05) is 0 Å². The van der Waals surface area contributed by atoms with Crippen LogP contribution < -0.4 is 10.6 Å². The number of sulfone groups is 1. The number of hydrogen-bond acceptors (Lipinski definition) is 5. The third-order valence-corrected chi connectivity index (χ3v) is 3.52. The molecule has 1 unspecified atom stereocenters. The molecule has 2 amide bonds. The van der Waals surface area contributed by atoms with Crippen molar-refractivity contribution < 1.29 is 28.2 Å². The number of carboxylic acid groups (broad SMARTS) is 1. The number of carboxylic acids is 1. The highest BCUT2D eigenvalue weighted by molar-refractivity contribution is 7.90. The normalized spacial score (nSPS) is 12.5. The van der Waals surface area contributed by atoms with Crippen molar-refractivity contribution in [2.24, 2.45) is 0 Å². The molecule has 0 bridgehead atoms. The number of phenols is 1. The van der Waals surface area contributed by atoms with Crippen molar-refractivity contribution in [3.63, 3.8) is 0 Å². The molecule has 0 aromatic heterocycles. The van der Waals surface area contributed by atoms with Gasteiger partial charge in [-0.3, -0.25) is 0 Å². The number of aromatic carboxylic acids is 1. The Bertz CT molecular complexity index is 656. The van der Waals surface area contributed by atoms with Gasteiger partial charge < -0.3 is 20.8 Å². The largest absolute Gasteiger partial charge is 0.507 e. The molecule has 21 heavy (non-hydrogen) atoms. The summed E-state index contributed by atoms with van der Waals surface area (Å²) < 4.78 is 22.1. The predicted octanol–water partition coefficient (Wildman–Crippen LogP) is 0.645. The van der Waals surface area contributed by atoms with Crippen molar-refractivity contribution in [3.05, 3.63) is 23.8 Å². The summed E-state index contributed by atoms with van der Waals surface area (Å²) in [5.41, 5.74) is -0.104. The monoisotopic (exact) mass is 316 g/mol. The molecule has 0 saturated heterocycles. The molecule has 0 aliphatic carbocycles. The number of rotatable bonds is 5. The van der Waals surface area contributed by atoms with Crippen LogP contribution >= 0.6 is 0 Å². The van der Waals surface area contributed by atoms with Crippen LogP contribution in [0.2, 0.25) is 0 Å². The van der Waals surface area contributed by atoms with Gasteiger partial charge in [-0.15, -0.1) is 0 Å². The van der Waals surface area contributed by atoms with E-state index in [-0.39, 0.29) is 17.0 Å². The van der Waals surface area contributed by atoms with Crippen LogP contribution in [0.25, 0.3) is 0 Å². The Hall–Kier alpha value is -2.29. The summed E-state index contributed by atoms with van der Waals surface area (Å²) in [4.78, 5) is 22.3. The lowest BCUT2D eigenvalue weighted by atomic mass is 10.2. The lowest BCUT2D eigenvalue weighted by Crippen LogP contribution is -2.39. The van der Waals surface area contributed by atoms with E-state index in [1.165, 1.54) is 13.0 Å². The zero-order chi connectivity index (χ0) is 16.2. The molecule has 0 fully saturated rings. The maximum Gasteiger partial charge on any atom is 0.339 e. The molecule has 0 spiro atoms. The number of hydrogen-bond donors (Lipinski definition) is 4. The van der Waals surface area contributed by atoms with Crippen LogP contribution in [0.5, 0.6) is 5.75 Å². The molecular weight excluding hydrogens is 300 g/mol. The topological polar surface area (TPSA) is 133 Å². The van der Waals surface area contributed by atoms with Crippen molar-refractivity contribution in [3.8, 4) is 5.75 Å². The van der Waals surface area contributed by atoms with E-state index in [0.717, 1.165) is 18.4 Å². The SMILES string of the molecule is CC(CS(C)(=O)=O)NC(=O)Nc1ccc(C(=O)O)c(O)c1. The van der Waals surface area contributed by atoms with Crippen molar-refractivity contribution in [2.75, 3.05) is 17.3 Å². The number of benzene rings is 1. The molecule has 0 aliphatic rings. The number of urea groups is 1. The molecule has 0 radical (unpaired) electrons. The molecule has 9 heteroatoms. The fourth-order valence-corrected chi connectivity index (χ4v) is 2.67. The number of nitrogens with one attached hydrogen (secondary N) is 2. The fraction of sp³-hybridized carbons (Fsp3) is 0.333. The first kappa shape index (κ1) is 16.8. The number of anilines is 1. The van der Waals surface area contributed by atoms with E-state index in [9.17, 15) is 23.1 Å². The van der Waals surface area contributed by atoms with Gasteiger partial charge in [-0.25, -0.2) is 18.0 Å². The molecular formula is C12H16N2O6S. The van der Waals surface area contributed by atoms with Crippen molar-refractivity contribution in [2.45, 2.75) is 13.0 Å². The summed E-state index contributed by atoms with van der Waals surface area (Å²) in [7, 11) is -3.21. The Morgan fingerprint density at radius 2 is 1.95 bits per heavy atom. The van der Waals surface area contributed by atoms with E-state index in [1.54, 1.807) is 0 Å². The van der Waals surface area contributed by atoms with Crippen molar-refractivity contribution in [1.29, 1.82) is 0 Å². The maximum atomic E-state index is 11.6. The molecule has 8 nitrogen and oxygen atoms in total. The Morgan fingerprint density at radius 3 is 2.43 bits per heavy atom. The van der Waals surface area contributed by atoms with Crippen LogP contribution in [-0.2, 0) is 9.84 Å². The van der Waals surface area contributed by atoms with Crippen LogP contribution in [0.15, 0.2) is 18.2 Å². The first-order chi connectivity index (χ1) is 9.58. The van der Waals surface area contributed by atoms with Gasteiger partial charge in [0, 0.05) is 24.1 Å². The highest BCUT2D eigenvalue weighted by Gasteiger charge is 2.14. The summed E-state index contributed by atoms with van der Waals surface area (Å²) in [6.45, 7) is 1.53. The lowest BCUT2D eigenvalue weighted by Gasteiger charge is -2.14. The fourth-order valence-electron chi connectivity index (χ4n) is 1.68. The van der Waals surface area contributed by atoms with Crippen LogP contribution in [0, 0.1) is 0 Å². The minimum Gasteiger partial charge on any atom is -0.507 e. The molecule has 0 heterocycles. The van der Waals surface area contributed by atoms with Crippen molar-refractivity contribution in [1.82, 2.24) is 5.32 Å². The quantitative estimate of drug-likeness (QED) is 0.630. The zero-order valence-corrected chi connectivity index (χ0v) is 12.3. The molecule has 1 aromatic carbocycles. The van der Waals surface area contributed by atoms with E-state index >= 15 is 0 Å². The Labute approximate surface area is 121 Å². The summed E-state index contributed by atoms with van der Waals surface area (Å²) in [5, 5.41) is 23.0. The molecule has 0 saturated carbocycles. The standard InChI is InChI=1S/C12H16N2O6S/c1-7(6-21(2,19)20)13-12(18)14-8-3-4-9(11(16)17)10(15)5-8/h3-5,7,15H,6H2,1-2H3,(H,16,17)(H2,13,14,18). The second-order valence-electron chi connectivity index (χ2n) is 4.63. The van der Waals surface area contributed by atoms with Crippen LogP contribution in [0.3, 0.4) is 0 Å². The average molecular weight is 316 g/mol. The molecule has 1 aromatic rings. The smallest absolute Gasteiger partial charge is 0.339 e. The number of carbonyl (C=O) groups excluding carboxylic acids is 1. The number of carbonyl (C=O) groups is 2. The Balaban J connectivity index is 2.67. The first-order valence-electron chi connectivity index (χ1n) is 5.90. The summed E-state index contributed by atoms with van der Waals surface area (Å²) >= 11 is 0. The van der Waals surface area contributed by atoms with Crippen LogP contribution in [0.1, 0.15) is 17.3 Å².